The number of aliphatic hydroxyl groups excluding tert-OH is 1. The largest absolute Gasteiger partial charge is 0.404 e. The van der Waals surface area contributed by atoms with Crippen LogP contribution in [0.2, 0.25) is 5.04 Å². The van der Waals surface area contributed by atoms with Gasteiger partial charge in [-0.25, -0.2) is 0 Å². The predicted molar refractivity (Wildman–Crippen MR) is 134 cm³/mol. The van der Waals surface area contributed by atoms with Gasteiger partial charge in [0.05, 0.1) is 6.61 Å². The highest BCUT2D eigenvalue weighted by molar-refractivity contribution is 6.99. The molecule has 0 saturated carbocycles. The Kier molecular flexibility index (Phi) is 7.10. The molecule has 7 heteroatoms. The number of hydrogen-bond acceptors (Lipinski definition) is 6. The van der Waals surface area contributed by atoms with E-state index in [0.29, 0.717) is 6.42 Å². The summed E-state index contributed by atoms with van der Waals surface area (Å²) < 4.78 is 31.8. The molecule has 2 aliphatic heterocycles. The molecule has 2 aliphatic rings. The molecule has 2 heterocycles. The second kappa shape index (κ2) is 9.46. The summed E-state index contributed by atoms with van der Waals surface area (Å²) in [6, 6.07) is 21.0. The lowest BCUT2D eigenvalue weighted by atomic mass is 9.92. The molecule has 4 atom stereocenters. The van der Waals surface area contributed by atoms with Crippen molar-refractivity contribution in [3.8, 4) is 0 Å². The third-order valence-corrected chi connectivity index (χ3v) is 12.0. The van der Waals surface area contributed by atoms with Crippen molar-refractivity contribution in [2.45, 2.75) is 76.0 Å². The topological polar surface area (TPSA) is 66.4 Å². The molecule has 2 fully saturated rings. The van der Waals surface area contributed by atoms with Crippen LogP contribution in [0.5, 0.6) is 0 Å². The van der Waals surface area contributed by atoms with E-state index in [4.69, 9.17) is 23.4 Å². The average molecular weight is 487 g/mol. The van der Waals surface area contributed by atoms with E-state index >= 15 is 0 Å². The molecular weight excluding hydrogens is 448 g/mol. The maximum absolute atomic E-state index is 10.0. The molecule has 0 bridgehead atoms. The SMILES string of the molecule is CO[C@H]1[C@H]2OC(C)(C)O[C@H]2O[C@]1(CCO)CO[Si](c1ccccc1)(c1ccccc1)C(C)(C)C. The van der Waals surface area contributed by atoms with E-state index in [0.717, 1.165) is 0 Å². The molecule has 186 valence electrons. The molecule has 0 radical (unpaired) electrons. The Balaban J connectivity index is 1.76. The number of benzene rings is 2. The summed E-state index contributed by atoms with van der Waals surface area (Å²) in [6.07, 6.45) is -1.06. The second-order valence-electron chi connectivity index (χ2n) is 10.7. The third-order valence-electron chi connectivity index (χ3n) is 6.99. The number of ether oxygens (including phenoxy) is 4. The Morgan fingerprint density at radius 1 is 0.912 bits per heavy atom. The Labute approximate surface area is 204 Å². The minimum Gasteiger partial charge on any atom is -0.404 e. The lowest BCUT2D eigenvalue weighted by Crippen LogP contribution is -2.68. The molecule has 2 aromatic carbocycles. The average Bonchev–Trinajstić information content (AvgIpc) is 3.22. The Bertz CT molecular complexity index is 905. The summed E-state index contributed by atoms with van der Waals surface area (Å²) in [6.45, 7) is 10.6. The zero-order chi connectivity index (χ0) is 24.6. The fraction of sp³-hybridized carbons (Fsp3) is 0.556. The molecule has 34 heavy (non-hydrogen) atoms. The van der Waals surface area contributed by atoms with Crippen LogP contribution in [0, 0.1) is 0 Å². The van der Waals surface area contributed by atoms with Gasteiger partial charge in [0.25, 0.3) is 8.32 Å². The molecule has 2 aromatic rings. The molecule has 6 nitrogen and oxygen atoms in total. The van der Waals surface area contributed by atoms with Crippen molar-refractivity contribution in [1.29, 1.82) is 0 Å². The molecule has 0 aromatic heterocycles. The maximum Gasteiger partial charge on any atom is 0.261 e. The summed E-state index contributed by atoms with van der Waals surface area (Å²) in [4.78, 5) is 0. The van der Waals surface area contributed by atoms with Crippen LogP contribution in [-0.2, 0) is 23.4 Å². The van der Waals surface area contributed by atoms with E-state index in [1.54, 1.807) is 7.11 Å². The fourth-order valence-corrected chi connectivity index (χ4v) is 10.2. The molecule has 0 unspecified atom stereocenters. The summed E-state index contributed by atoms with van der Waals surface area (Å²) in [7, 11) is -1.15. The number of rotatable bonds is 8. The number of hydrogen-bond donors (Lipinski definition) is 1. The normalized spacial score (nSPS) is 28.7. The fourth-order valence-electron chi connectivity index (χ4n) is 5.57. The van der Waals surface area contributed by atoms with Crippen molar-refractivity contribution in [3.05, 3.63) is 60.7 Å². The first-order valence-corrected chi connectivity index (χ1v) is 13.9. The van der Waals surface area contributed by atoms with Gasteiger partial charge in [0, 0.05) is 20.1 Å². The quantitative estimate of drug-likeness (QED) is 0.578. The van der Waals surface area contributed by atoms with Crippen molar-refractivity contribution in [2.75, 3.05) is 20.3 Å². The summed E-state index contributed by atoms with van der Waals surface area (Å²) in [5.74, 6) is -0.754. The lowest BCUT2D eigenvalue weighted by Gasteiger charge is -2.46. The van der Waals surface area contributed by atoms with Crippen molar-refractivity contribution < 1.29 is 28.5 Å². The Hall–Kier alpha value is -1.58. The van der Waals surface area contributed by atoms with Crippen molar-refractivity contribution in [1.82, 2.24) is 0 Å². The Morgan fingerprint density at radius 2 is 1.47 bits per heavy atom. The smallest absolute Gasteiger partial charge is 0.261 e. The van der Waals surface area contributed by atoms with Crippen LogP contribution >= 0.6 is 0 Å². The van der Waals surface area contributed by atoms with Gasteiger partial charge in [0.1, 0.15) is 17.8 Å². The van der Waals surface area contributed by atoms with Crippen LogP contribution in [0.15, 0.2) is 60.7 Å². The molecule has 4 rings (SSSR count). The molecule has 1 N–H and O–H groups in total. The molecular formula is C27H38O6Si. The first-order valence-electron chi connectivity index (χ1n) is 12.0. The van der Waals surface area contributed by atoms with Crippen LogP contribution in [0.3, 0.4) is 0 Å². The molecule has 0 amide bonds. The Morgan fingerprint density at radius 3 is 1.94 bits per heavy atom. The van der Waals surface area contributed by atoms with E-state index in [1.165, 1.54) is 10.4 Å². The van der Waals surface area contributed by atoms with E-state index in [-0.39, 0.29) is 18.3 Å². The number of fused-ring (bicyclic) bond motifs is 1. The van der Waals surface area contributed by atoms with E-state index in [2.05, 4.69) is 69.3 Å². The number of methoxy groups -OCH3 is 1. The van der Waals surface area contributed by atoms with Crippen LogP contribution < -0.4 is 10.4 Å². The van der Waals surface area contributed by atoms with Gasteiger partial charge in [-0.15, -0.1) is 0 Å². The summed E-state index contributed by atoms with van der Waals surface area (Å²) in [5, 5.41) is 12.2. The van der Waals surface area contributed by atoms with Gasteiger partial charge in [-0.2, -0.15) is 0 Å². The highest BCUT2D eigenvalue weighted by Gasteiger charge is 2.63. The minimum atomic E-state index is -2.80. The lowest BCUT2D eigenvalue weighted by molar-refractivity contribution is -0.249. The first kappa shape index (κ1) is 25.5. The van der Waals surface area contributed by atoms with Crippen LogP contribution in [0.25, 0.3) is 0 Å². The second-order valence-corrected chi connectivity index (χ2v) is 15.0. The minimum absolute atomic E-state index is 0.0627. The first-order chi connectivity index (χ1) is 16.1. The van der Waals surface area contributed by atoms with Gasteiger partial charge < -0.3 is 28.5 Å². The third kappa shape index (κ3) is 4.39. The summed E-state index contributed by atoms with van der Waals surface area (Å²) in [5.41, 5.74) is -0.900. The van der Waals surface area contributed by atoms with Gasteiger partial charge in [0.15, 0.2) is 12.1 Å². The van der Waals surface area contributed by atoms with Crippen LogP contribution in [0.4, 0.5) is 0 Å². The van der Waals surface area contributed by atoms with Gasteiger partial charge in [-0.1, -0.05) is 81.4 Å². The van der Waals surface area contributed by atoms with Crippen molar-refractivity contribution >= 4 is 18.7 Å². The van der Waals surface area contributed by atoms with Crippen molar-refractivity contribution in [2.24, 2.45) is 0 Å². The summed E-state index contributed by atoms with van der Waals surface area (Å²) >= 11 is 0. The number of aliphatic hydroxyl groups is 1. The highest BCUT2D eigenvalue weighted by atomic mass is 28.4. The van der Waals surface area contributed by atoms with Gasteiger partial charge in [0.2, 0.25) is 0 Å². The maximum atomic E-state index is 10.0. The van der Waals surface area contributed by atoms with Crippen molar-refractivity contribution in [3.63, 3.8) is 0 Å². The van der Waals surface area contributed by atoms with Gasteiger partial charge in [-0.3, -0.25) is 0 Å². The van der Waals surface area contributed by atoms with E-state index < -0.39 is 38.2 Å². The molecule has 2 saturated heterocycles. The van der Waals surface area contributed by atoms with Gasteiger partial charge in [-0.05, 0) is 29.3 Å². The van der Waals surface area contributed by atoms with E-state index in [9.17, 15) is 5.11 Å². The zero-order valence-corrected chi connectivity index (χ0v) is 22.1. The van der Waals surface area contributed by atoms with E-state index in [1.807, 2.05) is 26.0 Å². The monoisotopic (exact) mass is 486 g/mol. The standard InChI is InChI=1S/C27H38O6Si/c1-25(2,3)34(20-13-9-7-10-14-20,21-15-11-8-12-16-21)30-19-27(17-18-28)23(29-6)22-24(33-27)32-26(4,5)31-22/h7-16,22-24,28H,17-19H2,1-6H3/t22-,23+,24+,27-/m1/s1. The highest BCUT2D eigenvalue weighted by Crippen LogP contribution is 2.46. The molecule has 0 aliphatic carbocycles. The predicted octanol–water partition coefficient (Wildman–Crippen LogP) is 3.21. The van der Waals surface area contributed by atoms with Crippen LogP contribution in [0.1, 0.15) is 41.0 Å². The van der Waals surface area contributed by atoms with Crippen LogP contribution in [-0.4, -0.2) is 63.6 Å². The van der Waals surface area contributed by atoms with Gasteiger partial charge >= 0.3 is 0 Å². The zero-order valence-electron chi connectivity index (χ0n) is 21.1. The molecule has 0 spiro atoms.